The number of carbonyl (C=O) groups excluding carboxylic acids is 3. The minimum atomic E-state index is -0.765. The molecule has 7 heteroatoms. The molecule has 0 spiro atoms. The molecule has 0 saturated carbocycles. The smallest absolute Gasteiger partial charge is 0.335 e. The molecule has 1 fully saturated rings. The molecular weight excluding hydrogens is 532 g/mol. The molecule has 4 aromatic carbocycles. The molecule has 37 heavy (non-hydrogen) atoms. The van der Waals surface area contributed by atoms with E-state index in [1.807, 2.05) is 50.2 Å². The molecule has 1 saturated heterocycles. The lowest BCUT2D eigenvalue weighted by molar-refractivity contribution is -0.122. The molecule has 0 aliphatic carbocycles. The van der Waals surface area contributed by atoms with Gasteiger partial charge in [0, 0.05) is 0 Å². The Morgan fingerprint density at radius 3 is 2.51 bits per heavy atom. The number of hydrogen-bond donors (Lipinski definition) is 1. The summed E-state index contributed by atoms with van der Waals surface area (Å²) in [5.74, 6) is -0.777. The van der Waals surface area contributed by atoms with E-state index in [0.717, 1.165) is 32.4 Å². The fourth-order valence-corrected chi connectivity index (χ4v) is 4.81. The molecule has 1 heterocycles. The van der Waals surface area contributed by atoms with Crippen LogP contribution in [0.2, 0.25) is 0 Å². The first kappa shape index (κ1) is 24.5. The van der Waals surface area contributed by atoms with Gasteiger partial charge in [0.05, 0.1) is 10.2 Å². The van der Waals surface area contributed by atoms with Crippen molar-refractivity contribution in [3.8, 4) is 5.75 Å². The second-order valence-electron chi connectivity index (χ2n) is 8.86. The predicted molar refractivity (Wildman–Crippen MR) is 147 cm³/mol. The van der Waals surface area contributed by atoms with Crippen molar-refractivity contribution in [1.82, 2.24) is 5.32 Å². The number of benzene rings is 4. The van der Waals surface area contributed by atoms with Crippen molar-refractivity contribution in [2.45, 2.75) is 20.5 Å². The molecule has 0 atom stereocenters. The van der Waals surface area contributed by atoms with Crippen LogP contribution in [0.3, 0.4) is 0 Å². The number of amides is 4. The van der Waals surface area contributed by atoms with E-state index >= 15 is 0 Å². The topological polar surface area (TPSA) is 75.7 Å². The van der Waals surface area contributed by atoms with Crippen LogP contribution in [-0.4, -0.2) is 17.8 Å². The van der Waals surface area contributed by atoms with E-state index in [2.05, 4.69) is 39.4 Å². The maximum atomic E-state index is 13.3. The summed E-state index contributed by atoms with van der Waals surface area (Å²) >= 11 is 3.54. The summed E-state index contributed by atoms with van der Waals surface area (Å²) < 4.78 is 6.74. The van der Waals surface area contributed by atoms with Crippen LogP contribution in [0, 0.1) is 13.8 Å². The van der Waals surface area contributed by atoms with Gasteiger partial charge in [0.15, 0.2) is 0 Å². The van der Waals surface area contributed by atoms with Crippen LogP contribution in [0.4, 0.5) is 10.5 Å². The van der Waals surface area contributed by atoms with Crippen LogP contribution >= 0.6 is 15.9 Å². The number of carbonyl (C=O) groups is 3. The molecular formula is C30H23BrN2O4. The highest BCUT2D eigenvalue weighted by Gasteiger charge is 2.37. The maximum Gasteiger partial charge on any atom is 0.335 e. The van der Waals surface area contributed by atoms with Gasteiger partial charge < -0.3 is 4.74 Å². The molecule has 0 aromatic heterocycles. The Kier molecular flexibility index (Phi) is 6.63. The molecule has 0 bridgehead atoms. The number of nitrogens with zero attached hydrogens (tertiary/aromatic N) is 1. The Labute approximate surface area is 222 Å². The van der Waals surface area contributed by atoms with E-state index in [0.29, 0.717) is 28.1 Å². The van der Waals surface area contributed by atoms with Crippen molar-refractivity contribution in [2.24, 2.45) is 0 Å². The van der Waals surface area contributed by atoms with Gasteiger partial charge in [-0.2, -0.15) is 0 Å². The standard InChI is InChI=1S/C30H23BrN2O4/c1-18-10-11-19(2)26(14-18)33-29(35)24(28(34)32-30(33)36)15-20-12-13-27(25(31)16-20)37-17-22-8-5-7-21-6-3-4-9-23(21)22/h3-16H,17H2,1-2H3,(H,32,34,36)/b24-15+. The van der Waals surface area contributed by atoms with E-state index in [4.69, 9.17) is 4.74 Å². The number of halogens is 1. The van der Waals surface area contributed by atoms with Crippen LogP contribution in [0.25, 0.3) is 16.8 Å². The molecule has 4 amide bonds. The number of rotatable bonds is 5. The van der Waals surface area contributed by atoms with Crippen molar-refractivity contribution in [1.29, 1.82) is 0 Å². The lowest BCUT2D eigenvalue weighted by Crippen LogP contribution is -2.54. The number of imide groups is 2. The fourth-order valence-electron chi connectivity index (χ4n) is 4.30. The predicted octanol–water partition coefficient (Wildman–Crippen LogP) is 6.46. The normalized spacial score (nSPS) is 14.8. The Balaban J connectivity index is 1.39. The average Bonchev–Trinajstić information content (AvgIpc) is 2.88. The van der Waals surface area contributed by atoms with E-state index in [9.17, 15) is 14.4 Å². The summed E-state index contributed by atoms with van der Waals surface area (Å²) in [4.78, 5) is 39.4. The highest BCUT2D eigenvalue weighted by Crippen LogP contribution is 2.30. The molecule has 5 rings (SSSR count). The van der Waals surface area contributed by atoms with Crippen molar-refractivity contribution in [3.05, 3.63) is 111 Å². The molecule has 1 aliphatic heterocycles. The average molecular weight is 555 g/mol. The Bertz CT molecular complexity index is 1600. The first-order valence-electron chi connectivity index (χ1n) is 11.7. The van der Waals surface area contributed by atoms with Crippen LogP contribution in [-0.2, 0) is 16.2 Å². The zero-order valence-electron chi connectivity index (χ0n) is 20.2. The zero-order valence-corrected chi connectivity index (χ0v) is 21.8. The van der Waals surface area contributed by atoms with Crippen LogP contribution in [0.15, 0.2) is 88.9 Å². The highest BCUT2D eigenvalue weighted by atomic mass is 79.9. The fraction of sp³-hybridized carbons (Fsp3) is 0.100. The summed E-state index contributed by atoms with van der Waals surface area (Å²) in [7, 11) is 0. The van der Waals surface area contributed by atoms with Gasteiger partial charge in [-0.05, 0) is 87.1 Å². The second kappa shape index (κ2) is 10.0. The molecule has 0 unspecified atom stereocenters. The van der Waals surface area contributed by atoms with Crippen LogP contribution in [0.1, 0.15) is 22.3 Å². The summed E-state index contributed by atoms with van der Waals surface area (Å²) in [5.41, 5.74) is 3.64. The highest BCUT2D eigenvalue weighted by molar-refractivity contribution is 9.10. The Morgan fingerprint density at radius 1 is 0.919 bits per heavy atom. The molecule has 1 aliphatic rings. The van der Waals surface area contributed by atoms with Crippen molar-refractivity contribution in [2.75, 3.05) is 4.90 Å². The number of aryl methyl sites for hydroxylation is 2. The zero-order chi connectivity index (χ0) is 26.1. The third-order valence-electron chi connectivity index (χ3n) is 6.24. The van der Waals surface area contributed by atoms with E-state index < -0.39 is 17.8 Å². The molecule has 1 N–H and O–H groups in total. The minimum absolute atomic E-state index is 0.128. The lowest BCUT2D eigenvalue weighted by atomic mass is 10.0. The summed E-state index contributed by atoms with van der Waals surface area (Å²) in [6, 6.07) is 24.3. The number of fused-ring (bicyclic) bond motifs is 1. The number of nitrogens with one attached hydrogen (secondary N) is 1. The first-order valence-corrected chi connectivity index (χ1v) is 12.5. The summed E-state index contributed by atoms with van der Waals surface area (Å²) in [5, 5.41) is 4.56. The van der Waals surface area contributed by atoms with Gasteiger partial charge >= 0.3 is 6.03 Å². The van der Waals surface area contributed by atoms with E-state index in [1.165, 1.54) is 6.08 Å². The molecule has 4 aromatic rings. The van der Waals surface area contributed by atoms with Gasteiger partial charge in [-0.1, -0.05) is 60.7 Å². The van der Waals surface area contributed by atoms with Gasteiger partial charge in [-0.15, -0.1) is 0 Å². The molecule has 6 nitrogen and oxygen atoms in total. The van der Waals surface area contributed by atoms with Gasteiger partial charge in [0.1, 0.15) is 17.9 Å². The monoisotopic (exact) mass is 554 g/mol. The van der Waals surface area contributed by atoms with Crippen LogP contribution < -0.4 is 15.0 Å². The van der Waals surface area contributed by atoms with Gasteiger partial charge in [-0.25, -0.2) is 9.69 Å². The number of anilines is 1. The number of urea groups is 1. The van der Waals surface area contributed by atoms with E-state index in [-0.39, 0.29) is 5.57 Å². The van der Waals surface area contributed by atoms with Crippen molar-refractivity contribution >= 4 is 56.3 Å². The third-order valence-corrected chi connectivity index (χ3v) is 6.86. The van der Waals surface area contributed by atoms with Gasteiger partial charge in [0.25, 0.3) is 11.8 Å². The second-order valence-corrected chi connectivity index (χ2v) is 9.72. The van der Waals surface area contributed by atoms with Crippen molar-refractivity contribution < 1.29 is 19.1 Å². The molecule has 0 radical (unpaired) electrons. The molecule has 184 valence electrons. The Morgan fingerprint density at radius 2 is 1.70 bits per heavy atom. The SMILES string of the molecule is Cc1ccc(C)c(N2C(=O)NC(=O)/C(=C\c3ccc(OCc4cccc5ccccc45)c(Br)c3)C2=O)c1. The van der Waals surface area contributed by atoms with Crippen molar-refractivity contribution in [3.63, 3.8) is 0 Å². The number of barbiturate groups is 1. The maximum absolute atomic E-state index is 13.3. The van der Waals surface area contributed by atoms with E-state index in [1.54, 1.807) is 24.3 Å². The summed E-state index contributed by atoms with van der Waals surface area (Å²) in [6.07, 6.45) is 1.47. The Hall–Kier alpha value is -4.23. The lowest BCUT2D eigenvalue weighted by Gasteiger charge is -2.27. The minimum Gasteiger partial charge on any atom is -0.488 e. The number of ether oxygens (including phenoxy) is 1. The van der Waals surface area contributed by atoms with Crippen LogP contribution in [0.5, 0.6) is 5.75 Å². The number of hydrogen-bond acceptors (Lipinski definition) is 4. The van der Waals surface area contributed by atoms with Gasteiger partial charge in [0.2, 0.25) is 0 Å². The first-order chi connectivity index (χ1) is 17.8. The third kappa shape index (κ3) is 4.90. The van der Waals surface area contributed by atoms with Gasteiger partial charge in [-0.3, -0.25) is 14.9 Å². The quantitative estimate of drug-likeness (QED) is 0.227. The summed E-state index contributed by atoms with van der Waals surface area (Å²) in [6.45, 7) is 4.07. The largest absolute Gasteiger partial charge is 0.488 e.